The second kappa shape index (κ2) is 16.5. The maximum atomic E-state index is 11.8. The third-order valence-corrected chi connectivity index (χ3v) is 4.39. The SMILES string of the molecule is CCCCCCCCCCCS(=O)(=O)[O-].FC(F)(F)c1ccccc1.[K+]. The van der Waals surface area contributed by atoms with Gasteiger partial charge in [-0.3, -0.25) is 0 Å². The molecule has 0 aromatic heterocycles. The van der Waals surface area contributed by atoms with Crippen LogP contribution < -0.4 is 51.4 Å². The first-order valence-electron chi connectivity index (χ1n) is 8.72. The number of unbranched alkanes of at least 4 members (excludes halogenated alkanes) is 8. The van der Waals surface area contributed by atoms with E-state index in [-0.39, 0.29) is 57.1 Å². The third-order valence-electron chi connectivity index (χ3n) is 3.60. The molecule has 146 valence electrons. The van der Waals surface area contributed by atoms with Gasteiger partial charge >= 0.3 is 57.6 Å². The van der Waals surface area contributed by atoms with Crippen LogP contribution in [0.15, 0.2) is 30.3 Å². The number of hydrogen-bond donors (Lipinski definition) is 0. The van der Waals surface area contributed by atoms with Gasteiger partial charge in [-0.25, -0.2) is 8.42 Å². The van der Waals surface area contributed by atoms with E-state index in [0.29, 0.717) is 6.42 Å². The summed E-state index contributed by atoms with van der Waals surface area (Å²) in [7, 11) is -3.98. The molecular formula is C18H28F3KO3S. The summed E-state index contributed by atoms with van der Waals surface area (Å²) in [5.41, 5.74) is -0.602. The zero-order valence-corrected chi connectivity index (χ0v) is 19.7. The monoisotopic (exact) mass is 420 g/mol. The summed E-state index contributed by atoms with van der Waals surface area (Å²) in [5.74, 6) is -0.192. The summed E-state index contributed by atoms with van der Waals surface area (Å²) in [4.78, 5) is 0. The second-order valence-electron chi connectivity index (χ2n) is 5.95. The molecule has 1 rings (SSSR count). The van der Waals surface area contributed by atoms with Gasteiger partial charge in [0.25, 0.3) is 0 Å². The number of alkyl halides is 3. The number of rotatable bonds is 10. The van der Waals surface area contributed by atoms with Crippen LogP contribution in [0.5, 0.6) is 0 Å². The van der Waals surface area contributed by atoms with E-state index < -0.39 is 21.9 Å². The molecule has 1 aromatic rings. The largest absolute Gasteiger partial charge is 1.00 e. The van der Waals surface area contributed by atoms with Crippen LogP contribution in [-0.4, -0.2) is 18.7 Å². The van der Waals surface area contributed by atoms with Crippen molar-refractivity contribution < 1.29 is 77.5 Å². The number of hydrogen-bond acceptors (Lipinski definition) is 3. The fourth-order valence-corrected chi connectivity index (χ4v) is 2.77. The van der Waals surface area contributed by atoms with Gasteiger partial charge in [-0.15, -0.1) is 0 Å². The van der Waals surface area contributed by atoms with Crippen molar-refractivity contribution in [3.8, 4) is 0 Å². The molecule has 0 saturated carbocycles. The first kappa shape index (κ1) is 28.8. The standard InChI is InChI=1S/C11H24O3S.C7H5F3.K/c1-2-3-4-5-6-7-8-9-10-11-15(12,13)14;8-7(9,10)6-4-2-1-3-5-6;/h2-11H2,1H3,(H,12,13,14);1-5H;/q;;+1/p-1. The number of benzene rings is 1. The van der Waals surface area contributed by atoms with Crippen molar-refractivity contribution in [2.75, 3.05) is 5.75 Å². The van der Waals surface area contributed by atoms with Crippen molar-refractivity contribution in [1.29, 1.82) is 0 Å². The zero-order chi connectivity index (χ0) is 19.2. The first-order chi connectivity index (χ1) is 11.7. The molecule has 0 saturated heterocycles. The molecule has 0 fully saturated rings. The maximum Gasteiger partial charge on any atom is 1.00 e. The van der Waals surface area contributed by atoms with E-state index in [4.69, 9.17) is 0 Å². The van der Waals surface area contributed by atoms with Crippen LogP contribution in [-0.2, 0) is 16.3 Å². The van der Waals surface area contributed by atoms with E-state index >= 15 is 0 Å². The Kier molecular flexibility index (Phi) is 18.3. The summed E-state index contributed by atoms with van der Waals surface area (Å²) in [5, 5.41) is 0. The zero-order valence-electron chi connectivity index (χ0n) is 15.7. The molecule has 0 aliphatic heterocycles. The Balaban J connectivity index is 0. The van der Waals surface area contributed by atoms with Gasteiger partial charge in [0.15, 0.2) is 0 Å². The van der Waals surface area contributed by atoms with Crippen molar-refractivity contribution in [3.63, 3.8) is 0 Å². The summed E-state index contributed by atoms with van der Waals surface area (Å²) >= 11 is 0. The van der Waals surface area contributed by atoms with E-state index in [1.165, 1.54) is 50.7 Å². The first-order valence-corrected chi connectivity index (χ1v) is 10.3. The van der Waals surface area contributed by atoms with Crippen LogP contribution in [0.4, 0.5) is 13.2 Å². The van der Waals surface area contributed by atoms with Crippen molar-refractivity contribution >= 4 is 10.1 Å². The molecule has 0 bridgehead atoms. The average Bonchev–Trinajstić information content (AvgIpc) is 2.53. The quantitative estimate of drug-likeness (QED) is 0.332. The van der Waals surface area contributed by atoms with E-state index in [9.17, 15) is 26.1 Å². The van der Waals surface area contributed by atoms with Gasteiger partial charge in [-0.05, 0) is 6.42 Å². The second-order valence-corrected chi connectivity index (χ2v) is 7.48. The molecule has 0 amide bonds. The van der Waals surface area contributed by atoms with E-state index in [0.717, 1.165) is 25.0 Å². The molecule has 1 aromatic carbocycles. The molecule has 0 unspecified atom stereocenters. The molecule has 0 spiro atoms. The van der Waals surface area contributed by atoms with E-state index in [2.05, 4.69) is 6.92 Å². The molecule has 0 aliphatic carbocycles. The van der Waals surface area contributed by atoms with Crippen LogP contribution in [0.2, 0.25) is 0 Å². The summed E-state index contributed by atoms with van der Waals surface area (Å²) in [6, 6.07) is 6.36. The van der Waals surface area contributed by atoms with Gasteiger partial charge in [0.05, 0.1) is 15.7 Å². The Hall–Kier alpha value is 0.556. The molecule has 0 atom stereocenters. The Labute approximate surface area is 198 Å². The van der Waals surface area contributed by atoms with E-state index in [1.807, 2.05) is 0 Å². The van der Waals surface area contributed by atoms with Gasteiger partial charge in [0, 0.05) is 5.75 Å². The van der Waals surface area contributed by atoms with Crippen molar-refractivity contribution in [2.45, 2.75) is 70.9 Å². The van der Waals surface area contributed by atoms with Gasteiger partial charge in [0.2, 0.25) is 0 Å². The van der Waals surface area contributed by atoms with Gasteiger partial charge < -0.3 is 4.55 Å². The summed E-state index contributed by atoms with van der Waals surface area (Å²) in [6.45, 7) is 2.20. The molecule has 0 N–H and O–H groups in total. The predicted octanol–water partition coefficient (Wildman–Crippen LogP) is 2.77. The molecule has 26 heavy (non-hydrogen) atoms. The minimum absolute atomic E-state index is 0. The minimum Gasteiger partial charge on any atom is -0.748 e. The van der Waals surface area contributed by atoms with Crippen LogP contribution in [0.1, 0.15) is 70.3 Å². The average molecular weight is 421 g/mol. The van der Waals surface area contributed by atoms with Gasteiger partial charge in [0.1, 0.15) is 0 Å². The number of halogens is 3. The van der Waals surface area contributed by atoms with Crippen LogP contribution >= 0.6 is 0 Å². The molecule has 0 aliphatic rings. The van der Waals surface area contributed by atoms with Crippen LogP contribution in [0.25, 0.3) is 0 Å². The summed E-state index contributed by atoms with van der Waals surface area (Å²) < 4.78 is 66.2. The maximum absolute atomic E-state index is 11.8. The molecule has 0 heterocycles. The fourth-order valence-electron chi connectivity index (χ4n) is 2.22. The van der Waals surface area contributed by atoms with Crippen molar-refractivity contribution in [3.05, 3.63) is 35.9 Å². The Bertz CT molecular complexity index is 534. The van der Waals surface area contributed by atoms with Gasteiger partial charge in [-0.1, -0.05) is 88.6 Å². The van der Waals surface area contributed by atoms with Crippen LogP contribution in [0, 0.1) is 0 Å². The van der Waals surface area contributed by atoms with E-state index in [1.54, 1.807) is 6.07 Å². The summed E-state index contributed by atoms with van der Waals surface area (Å²) in [6.07, 6.45) is 5.83. The molecule has 8 heteroatoms. The molecule has 3 nitrogen and oxygen atoms in total. The third kappa shape index (κ3) is 19.3. The minimum atomic E-state index is -4.21. The fraction of sp³-hybridized carbons (Fsp3) is 0.667. The van der Waals surface area contributed by atoms with Gasteiger partial charge in [-0.2, -0.15) is 13.2 Å². The molecular weight excluding hydrogens is 392 g/mol. The Morgan fingerprint density at radius 3 is 1.62 bits per heavy atom. The van der Waals surface area contributed by atoms with Crippen LogP contribution in [0.3, 0.4) is 0 Å². The topological polar surface area (TPSA) is 57.2 Å². The Morgan fingerprint density at radius 1 is 0.846 bits per heavy atom. The predicted molar refractivity (Wildman–Crippen MR) is 93.2 cm³/mol. The Morgan fingerprint density at radius 2 is 1.27 bits per heavy atom. The molecule has 0 radical (unpaired) electrons. The normalized spacial score (nSPS) is 11.3. The van der Waals surface area contributed by atoms with Crippen molar-refractivity contribution in [2.24, 2.45) is 0 Å². The van der Waals surface area contributed by atoms with Crippen molar-refractivity contribution in [1.82, 2.24) is 0 Å². The smallest absolute Gasteiger partial charge is 0.748 e.